The average Bonchev–Trinajstić information content (AvgIpc) is 2.50. The number of benzene rings is 2. The summed E-state index contributed by atoms with van der Waals surface area (Å²) < 4.78 is 13.5. The van der Waals surface area contributed by atoms with Crippen molar-refractivity contribution in [3.8, 4) is 5.75 Å². The van der Waals surface area contributed by atoms with Crippen LogP contribution >= 0.6 is 0 Å². The van der Waals surface area contributed by atoms with Crippen molar-refractivity contribution in [2.24, 2.45) is 0 Å². The fourth-order valence-electron chi connectivity index (χ4n) is 2.07. The maximum absolute atomic E-state index is 13.5. The second-order valence-corrected chi connectivity index (χ2v) is 4.47. The van der Waals surface area contributed by atoms with Crippen LogP contribution in [-0.4, -0.2) is 16.0 Å². The van der Waals surface area contributed by atoms with E-state index >= 15 is 0 Å². The molecule has 0 aliphatic carbocycles. The molecule has 0 spiro atoms. The van der Waals surface area contributed by atoms with Gasteiger partial charge in [-0.25, -0.2) is 4.39 Å². The van der Waals surface area contributed by atoms with E-state index in [1.54, 1.807) is 24.3 Å². The van der Waals surface area contributed by atoms with Gasteiger partial charge in [0.15, 0.2) is 5.75 Å². The molecule has 0 unspecified atom stereocenters. The number of fused-ring (bicyclic) bond motifs is 1. The minimum atomic E-state index is -0.592. The van der Waals surface area contributed by atoms with Gasteiger partial charge in [0, 0.05) is 11.6 Å². The molecule has 0 fully saturated rings. The molecule has 104 valence electrons. The van der Waals surface area contributed by atoms with Crippen molar-refractivity contribution < 1.29 is 14.3 Å². The minimum absolute atomic E-state index is 0.0458. The first-order valence-corrected chi connectivity index (χ1v) is 6.29. The Kier molecular flexibility index (Phi) is 3.23. The van der Waals surface area contributed by atoms with Crippen LogP contribution in [0.3, 0.4) is 0 Å². The van der Waals surface area contributed by atoms with Crippen LogP contribution in [0, 0.1) is 5.82 Å². The summed E-state index contributed by atoms with van der Waals surface area (Å²) in [6, 6.07) is 12.5. The molecule has 0 atom stereocenters. The summed E-state index contributed by atoms with van der Waals surface area (Å²) in [7, 11) is 0. The van der Waals surface area contributed by atoms with Gasteiger partial charge in [0.05, 0.1) is 11.3 Å². The number of carbonyl (C=O) groups is 1. The third-order valence-electron chi connectivity index (χ3n) is 3.11. The molecular formula is C16H11FN2O2. The zero-order valence-electron chi connectivity index (χ0n) is 10.9. The van der Waals surface area contributed by atoms with Crippen LogP contribution in [0.1, 0.15) is 10.4 Å². The Bertz CT molecular complexity index is 833. The van der Waals surface area contributed by atoms with E-state index in [1.807, 2.05) is 0 Å². The summed E-state index contributed by atoms with van der Waals surface area (Å²) in [6.07, 6.45) is 1.53. The van der Waals surface area contributed by atoms with Gasteiger partial charge in [0.25, 0.3) is 5.91 Å². The van der Waals surface area contributed by atoms with Gasteiger partial charge in [-0.3, -0.25) is 9.78 Å². The number of para-hydroxylation sites is 1. The van der Waals surface area contributed by atoms with Gasteiger partial charge in [0.2, 0.25) is 0 Å². The molecule has 0 radical (unpaired) electrons. The maximum Gasteiger partial charge on any atom is 0.259 e. The maximum atomic E-state index is 13.5. The van der Waals surface area contributed by atoms with Gasteiger partial charge in [-0.1, -0.05) is 24.3 Å². The number of halogens is 1. The standard InChI is InChI=1S/C16H11FN2O2/c17-12-5-1-2-6-13(12)19-16(21)11-8-7-10-4-3-9-18-14(10)15(11)20/h1-9,20H,(H,19,21). The Morgan fingerprint density at radius 3 is 2.71 bits per heavy atom. The molecule has 0 bridgehead atoms. The first-order valence-electron chi connectivity index (χ1n) is 6.29. The Hall–Kier alpha value is -2.95. The molecule has 5 heteroatoms. The van der Waals surface area contributed by atoms with Crippen LogP contribution in [0.15, 0.2) is 54.7 Å². The normalized spacial score (nSPS) is 10.5. The van der Waals surface area contributed by atoms with Crippen LogP contribution < -0.4 is 5.32 Å². The van der Waals surface area contributed by atoms with Crippen molar-refractivity contribution >= 4 is 22.5 Å². The number of amides is 1. The van der Waals surface area contributed by atoms with E-state index in [4.69, 9.17) is 0 Å². The topological polar surface area (TPSA) is 62.2 Å². The van der Waals surface area contributed by atoms with Crippen LogP contribution in [0.2, 0.25) is 0 Å². The van der Waals surface area contributed by atoms with E-state index in [0.29, 0.717) is 5.52 Å². The highest BCUT2D eigenvalue weighted by Gasteiger charge is 2.15. The van der Waals surface area contributed by atoms with Crippen LogP contribution in [0.5, 0.6) is 5.75 Å². The van der Waals surface area contributed by atoms with Gasteiger partial charge < -0.3 is 10.4 Å². The van der Waals surface area contributed by atoms with Crippen molar-refractivity contribution in [1.29, 1.82) is 0 Å². The molecule has 3 aromatic rings. The van der Waals surface area contributed by atoms with Gasteiger partial charge in [-0.2, -0.15) is 0 Å². The van der Waals surface area contributed by atoms with Gasteiger partial charge in [-0.15, -0.1) is 0 Å². The number of aromatic nitrogens is 1. The molecule has 0 saturated carbocycles. The quantitative estimate of drug-likeness (QED) is 0.757. The number of nitrogens with zero attached hydrogens (tertiary/aromatic N) is 1. The molecule has 1 aromatic heterocycles. The highest BCUT2D eigenvalue weighted by Crippen LogP contribution is 2.27. The fourth-order valence-corrected chi connectivity index (χ4v) is 2.07. The first-order chi connectivity index (χ1) is 10.2. The number of carbonyl (C=O) groups excluding carboxylic acids is 1. The SMILES string of the molecule is O=C(Nc1ccccc1F)c1ccc2cccnc2c1O. The lowest BCUT2D eigenvalue weighted by Gasteiger charge is -2.09. The van der Waals surface area contributed by atoms with E-state index in [2.05, 4.69) is 10.3 Å². The van der Waals surface area contributed by atoms with E-state index in [1.165, 1.54) is 30.5 Å². The summed E-state index contributed by atoms with van der Waals surface area (Å²) in [5, 5.41) is 13.3. The van der Waals surface area contributed by atoms with Crippen molar-refractivity contribution in [2.45, 2.75) is 0 Å². The Morgan fingerprint density at radius 1 is 1.10 bits per heavy atom. The molecular weight excluding hydrogens is 271 g/mol. The first kappa shape index (κ1) is 13.1. The number of phenolic OH excluding ortho intramolecular Hbond substituents is 1. The number of nitrogens with one attached hydrogen (secondary N) is 1. The second-order valence-electron chi connectivity index (χ2n) is 4.47. The molecule has 0 saturated heterocycles. The molecule has 1 heterocycles. The Balaban J connectivity index is 1.99. The summed E-state index contributed by atoms with van der Waals surface area (Å²) in [5.41, 5.74) is 0.436. The fraction of sp³-hybridized carbons (Fsp3) is 0. The summed E-state index contributed by atoms with van der Waals surface area (Å²) >= 11 is 0. The number of anilines is 1. The zero-order chi connectivity index (χ0) is 14.8. The number of pyridine rings is 1. The lowest BCUT2D eigenvalue weighted by atomic mass is 10.1. The van der Waals surface area contributed by atoms with E-state index in [9.17, 15) is 14.3 Å². The van der Waals surface area contributed by atoms with Crippen LogP contribution in [0.4, 0.5) is 10.1 Å². The number of hydrogen-bond acceptors (Lipinski definition) is 3. The molecule has 21 heavy (non-hydrogen) atoms. The van der Waals surface area contributed by atoms with Crippen molar-refractivity contribution in [3.63, 3.8) is 0 Å². The molecule has 0 aliphatic heterocycles. The summed E-state index contributed by atoms with van der Waals surface area (Å²) in [6.45, 7) is 0. The predicted molar refractivity (Wildman–Crippen MR) is 77.8 cm³/mol. The van der Waals surface area contributed by atoms with Crippen molar-refractivity contribution in [3.05, 3.63) is 66.1 Å². The third kappa shape index (κ3) is 2.41. The molecule has 4 nitrogen and oxygen atoms in total. The molecule has 3 rings (SSSR count). The number of phenols is 1. The number of hydrogen-bond donors (Lipinski definition) is 2. The number of rotatable bonds is 2. The van der Waals surface area contributed by atoms with Crippen LogP contribution in [-0.2, 0) is 0 Å². The second kappa shape index (κ2) is 5.20. The lowest BCUT2D eigenvalue weighted by molar-refractivity contribution is 0.102. The molecule has 0 aliphatic rings. The number of aromatic hydroxyl groups is 1. The third-order valence-corrected chi connectivity index (χ3v) is 3.11. The molecule has 2 N–H and O–H groups in total. The smallest absolute Gasteiger partial charge is 0.259 e. The molecule has 2 aromatic carbocycles. The Morgan fingerprint density at radius 2 is 1.90 bits per heavy atom. The van der Waals surface area contributed by atoms with Gasteiger partial charge >= 0.3 is 0 Å². The van der Waals surface area contributed by atoms with Crippen molar-refractivity contribution in [2.75, 3.05) is 5.32 Å². The summed E-state index contributed by atoms with van der Waals surface area (Å²) in [4.78, 5) is 16.2. The Labute approximate surface area is 119 Å². The summed E-state index contributed by atoms with van der Waals surface area (Å²) in [5.74, 6) is -1.35. The van der Waals surface area contributed by atoms with Crippen molar-refractivity contribution in [1.82, 2.24) is 4.98 Å². The predicted octanol–water partition coefficient (Wildman–Crippen LogP) is 3.33. The van der Waals surface area contributed by atoms with Gasteiger partial charge in [0.1, 0.15) is 11.3 Å². The highest BCUT2D eigenvalue weighted by molar-refractivity contribution is 6.09. The van der Waals surface area contributed by atoms with E-state index in [-0.39, 0.29) is 17.0 Å². The molecule has 1 amide bonds. The lowest BCUT2D eigenvalue weighted by Crippen LogP contribution is -2.13. The van der Waals surface area contributed by atoms with E-state index < -0.39 is 11.7 Å². The van der Waals surface area contributed by atoms with Gasteiger partial charge in [-0.05, 0) is 24.3 Å². The highest BCUT2D eigenvalue weighted by atomic mass is 19.1. The minimum Gasteiger partial charge on any atom is -0.505 e. The zero-order valence-corrected chi connectivity index (χ0v) is 10.9. The average molecular weight is 282 g/mol. The monoisotopic (exact) mass is 282 g/mol. The van der Waals surface area contributed by atoms with Crippen LogP contribution in [0.25, 0.3) is 10.9 Å². The largest absolute Gasteiger partial charge is 0.505 e. The van der Waals surface area contributed by atoms with E-state index in [0.717, 1.165) is 5.39 Å².